The summed E-state index contributed by atoms with van der Waals surface area (Å²) >= 11 is 0. The number of nitrogens with zero attached hydrogens (tertiary/aromatic N) is 2. The molecule has 5 nitrogen and oxygen atoms in total. The fraction of sp³-hybridized carbons (Fsp3) is 0.125. The van der Waals surface area contributed by atoms with Crippen LogP contribution in [0.25, 0.3) is 11.3 Å². The van der Waals surface area contributed by atoms with E-state index in [0.29, 0.717) is 24.5 Å². The zero-order valence-electron chi connectivity index (χ0n) is 15.9. The van der Waals surface area contributed by atoms with Gasteiger partial charge in [0.25, 0.3) is 0 Å². The summed E-state index contributed by atoms with van der Waals surface area (Å²) in [4.78, 5) is 21.0. The molecule has 2 aromatic heterocycles. The number of hydrogen-bond acceptors (Lipinski definition) is 4. The number of aryl methyl sites for hydroxylation is 1. The fourth-order valence-electron chi connectivity index (χ4n) is 3.18. The van der Waals surface area contributed by atoms with Crippen LogP contribution in [0.3, 0.4) is 0 Å². The number of pyridine rings is 1. The number of amides is 1. The molecule has 144 valence electrons. The van der Waals surface area contributed by atoms with E-state index in [1.54, 1.807) is 18.6 Å². The zero-order chi connectivity index (χ0) is 19.9. The molecule has 0 saturated heterocycles. The van der Waals surface area contributed by atoms with Crippen LogP contribution in [0.2, 0.25) is 0 Å². The third kappa shape index (κ3) is 4.76. The van der Waals surface area contributed by atoms with Crippen LogP contribution in [0.15, 0.2) is 95.8 Å². The molecular formula is C24H21N3O2. The van der Waals surface area contributed by atoms with E-state index in [2.05, 4.69) is 15.3 Å². The van der Waals surface area contributed by atoms with E-state index in [0.717, 1.165) is 16.7 Å². The second-order valence-corrected chi connectivity index (χ2v) is 6.68. The molecule has 1 amide bonds. The predicted octanol–water partition coefficient (Wildman–Crippen LogP) is 4.58. The highest BCUT2D eigenvalue weighted by molar-refractivity contribution is 5.77. The largest absolute Gasteiger partial charge is 0.441 e. The first-order chi connectivity index (χ1) is 14.3. The Hall–Kier alpha value is -3.73. The van der Waals surface area contributed by atoms with Crippen molar-refractivity contribution in [2.45, 2.75) is 18.9 Å². The number of rotatable bonds is 7. The molecule has 29 heavy (non-hydrogen) atoms. The molecule has 0 saturated carbocycles. The lowest BCUT2D eigenvalue weighted by molar-refractivity contribution is -0.121. The molecule has 4 aromatic rings. The van der Waals surface area contributed by atoms with Crippen molar-refractivity contribution in [1.29, 1.82) is 0 Å². The van der Waals surface area contributed by atoms with E-state index in [1.807, 2.05) is 72.8 Å². The second-order valence-electron chi connectivity index (χ2n) is 6.68. The van der Waals surface area contributed by atoms with Crippen molar-refractivity contribution in [3.63, 3.8) is 0 Å². The number of nitrogens with one attached hydrogen (secondary N) is 1. The van der Waals surface area contributed by atoms with E-state index in [4.69, 9.17) is 4.42 Å². The molecule has 0 bridgehead atoms. The molecule has 1 unspecified atom stereocenters. The number of carbonyl (C=O) groups excluding carboxylic acids is 1. The fourth-order valence-corrected chi connectivity index (χ4v) is 3.18. The summed E-state index contributed by atoms with van der Waals surface area (Å²) in [7, 11) is 0. The minimum atomic E-state index is -0.226. The number of carbonyl (C=O) groups is 1. The third-order valence-electron chi connectivity index (χ3n) is 4.66. The van der Waals surface area contributed by atoms with Gasteiger partial charge in [-0.3, -0.25) is 9.78 Å². The zero-order valence-corrected chi connectivity index (χ0v) is 15.9. The van der Waals surface area contributed by atoms with Gasteiger partial charge in [0.2, 0.25) is 5.91 Å². The monoisotopic (exact) mass is 383 g/mol. The van der Waals surface area contributed by atoms with Crippen LogP contribution in [-0.4, -0.2) is 15.9 Å². The molecule has 1 N–H and O–H groups in total. The number of oxazole rings is 1. The van der Waals surface area contributed by atoms with Gasteiger partial charge in [-0.15, -0.1) is 0 Å². The van der Waals surface area contributed by atoms with Gasteiger partial charge in [0.05, 0.1) is 12.2 Å². The van der Waals surface area contributed by atoms with Gasteiger partial charge in [-0.25, -0.2) is 4.98 Å². The number of hydrogen-bond donors (Lipinski definition) is 1. The van der Waals surface area contributed by atoms with E-state index >= 15 is 0 Å². The Morgan fingerprint density at radius 2 is 1.55 bits per heavy atom. The normalized spacial score (nSPS) is 11.7. The van der Waals surface area contributed by atoms with E-state index in [9.17, 15) is 4.79 Å². The molecule has 0 spiro atoms. The van der Waals surface area contributed by atoms with Crippen molar-refractivity contribution in [3.05, 3.63) is 108 Å². The molecule has 2 heterocycles. The Balaban J connectivity index is 1.42. The average molecular weight is 383 g/mol. The minimum Gasteiger partial charge on any atom is -0.441 e. The first kappa shape index (κ1) is 18.6. The second kappa shape index (κ2) is 8.97. The van der Waals surface area contributed by atoms with E-state index < -0.39 is 0 Å². The summed E-state index contributed by atoms with van der Waals surface area (Å²) in [6, 6.07) is 23.3. The summed E-state index contributed by atoms with van der Waals surface area (Å²) in [5.41, 5.74) is 2.98. The molecule has 0 radical (unpaired) electrons. The van der Waals surface area contributed by atoms with Crippen LogP contribution in [-0.2, 0) is 11.2 Å². The van der Waals surface area contributed by atoms with Crippen LogP contribution >= 0.6 is 0 Å². The van der Waals surface area contributed by atoms with Crippen LogP contribution in [0.1, 0.15) is 29.5 Å². The highest BCUT2D eigenvalue weighted by Crippen LogP contribution is 2.22. The van der Waals surface area contributed by atoms with Crippen LogP contribution in [0.5, 0.6) is 0 Å². The summed E-state index contributed by atoms with van der Waals surface area (Å²) in [6.45, 7) is 0. The van der Waals surface area contributed by atoms with Gasteiger partial charge >= 0.3 is 0 Å². The summed E-state index contributed by atoms with van der Waals surface area (Å²) in [5.74, 6) is 1.20. The molecule has 0 aliphatic carbocycles. The predicted molar refractivity (Wildman–Crippen MR) is 111 cm³/mol. The molecule has 4 rings (SSSR count). The quantitative estimate of drug-likeness (QED) is 0.507. The molecule has 5 heteroatoms. The molecule has 0 aliphatic rings. The van der Waals surface area contributed by atoms with Crippen LogP contribution in [0, 0.1) is 0 Å². The molecule has 2 aromatic carbocycles. The Kier molecular flexibility index (Phi) is 5.76. The maximum absolute atomic E-state index is 12.7. The van der Waals surface area contributed by atoms with Crippen molar-refractivity contribution >= 4 is 5.91 Å². The summed E-state index contributed by atoms with van der Waals surface area (Å²) in [6.07, 6.45) is 5.90. The highest BCUT2D eigenvalue weighted by Gasteiger charge is 2.17. The van der Waals surface area contributed by atoms with Gasteiger partial charge in [0, 0.05) is 30.8 Å². The lowest BCUT2D eigenvalue weighted by Gasteiger charge is -2.19. The van der Waals surface area contributed by atoms with Crippen LogP contribution in [0.4, 0.5) is 0 Å². The Bertz CT molecular complexity index is 1010. The Labute approximate surface area is 169 Å². The van der Waals surface area contributed by atoms with Crippen LogP contribution < -0.4 is 5.32 Å². The maximum atomic E-state index is 12.7. The lowest BCUT2D eigenvalue weighted by atomic mass is 9.99. The van der Waals surface area contributed by atoms with Crippen molar-refractivity contribution in [1.82, 2.24) is 15.3 Å². The maximum Gasteiger partial charge on any atom is 0.221 e. The molecular weight excluding hydrogens is 362 g/mol. The number of benzene rings is 2. The van der Waals surface area contributed by atoms with Gasteiger partial charge in [0.15, 0.2) is 11.7 Å². The Morgan fingerprint density at radius 3 is 2.28 bits per heavy atom. The smallest absolute Gasteiger partial charge is 0.221 e. The van der Waals surface area contributed by atoms with Crippen molar-refractivity contribution in [3.8, 4) is 11.3 Å². The average Bonchev–Trinajstić information content (AvgIpc) is 3.27. The van der Waals surface area contributed by atoms with Gasteiger partial charge in [-0.2, -0.15) is 0 Å². The van der Waals surface area contributed by atoms with Gasteiger partial charge in [-0.05, 0) is 23.3 Å². The van der Waals surface area contributed by atoms with Gasteiger partial charge < -0.3 is 9.73 Å². The first-order valence-electron chi connectivity index (χ1n) is 9.54. The van der Waals surface area contributed by atoms with Gasteiger partial charge in [0.1, 0.15) is 0 Å². The van der Waals surface area contributed by atoms with Gasteiger partial charge in [-0.1, -0.05) is 60.7 Å². The topological polar surface area (TPSA) is 68.0 Å². The molecule has 0 fully saturated rings. The number of aromatic nitrogens is 2. The SMILES string of the molecule is O=C(CCc1ncc(-c2ccccc2)o1)NC(c1ccccc1)c1ccncc1. The standard InChI is InChI=1S/C24H21N3O2/c28-22(11-12-23-26-17-21(29-23)18-7-3-1-4-8-18)27-24(19-9-5-2-6-10-19)20-13-15-25-16-14-20/h1-10,13-17,24H,11-12H2,(H,27,28). The highest BCUT2D eigenvalue weighted by atomic mass is 16.4. The third-order valence-corrected chi connectivity index (χ3v) is 4.66. The van der Waals surface area contributed by atoms with E-state index in [1.165, 1.54) is 0 Å². The summed E-state index contributed by atoms with van der Waals surface area (Å²) < 4.78 is 5.79. The molecule has 0 aliphatic heterocycles. The van der Waals surface area contributed by atoms with Crippen molar-refractivity contribution in [2.24, 2.45) is 0 Å². The van der Waals surface area contributed by atoms with Crippen molar-refractivity contribution in [2.75, 3.05) is 0 Å². The first-order valence-corrected chi connectivity index (χ1v) is 9.54. The molecule has 1 atom stereocenters. The summed E-state index contributed by atoms with van der Waals surface area (Å²) in [5, 5.41) is 3.12. The van der Waals surface area contributed by atoms with E-state index in [-0.39, 0.29) is 11.9 Å². The Morgan fingerprint density at radius 1 is 0.897 bits per heavy atom. The lowest BCUT2D eigenvalue weighted by Crippen LogP contribution is -2.29. The van der Waals surface area contributed by atoms with Crippen molar-refractivity contribution < 1.29 is 9.21 Å². The minimum absolute atomic E-state index is 0.0601.